The van der Waals surface area contributed by atoms with Gasteiger partial charge in [0.1, 0.15) is 6.61 Å². The Morgan fingerprint density at radius 3 is 2.86 bits per heavy atom. The van der Waals surface area contributed by atoms with E-state index in [1.54, 1.807) is 18.2 Å². The molecule has 0 radical (unpaired) electrons. The number of cyclic esters (lactones) is 1. The van der Waals surface area contributed by atoms with Gasteiger partial charge in [-0.3, -0.25) is 0 Å². The summed E-state index contributed by atoms with van der Waals surface area (Å²) in [5, 5.41) is 3.80. The number of nitrogens with one attached hydrogen (secondary N) is 1. The second kappa shape index (κ2) is 3.67. The van der Waals surface area contributed by atoms with Crippen molar-refractivity contribution in [3.05, 3.63) is 33.8 Å². The number of amides is 1. The lowest BCUT2D eigenvalue weighted by molar-refractivity contribution is 0.177. The minimum atomic E-state index is -0.425. The summed E-state index contributed by atoms with van der Waals surface area (Å²) in [5.74, 6) is 0. The predicted molar refractivity (Wildman–Crippen MR) is 53.7 cm³/mol. The van der Waals surface area contributed by atoms with Gasteiger partial charge in [0.15, 0.2) is 0 Å². The Balaban J connectivity index is 2.31. The van der Waals surface area contributed by atoms with Gasteiger partial charge < -0.3 is 10.1 Å². The number of rotatable bonds is 1. The van der Waals surface area contributed by atoms with Crippen molar-refractivity contribution in [1.82, 2.24) is 5.32 Å². The van der Waals surface area contributed by atoms with Crippen molar-refractivity contribution in [2.24, 2.45) is 0 Å². The fraction of sp³-hybridized carbons (Fsp3) is 0.222. The van der Waals surface area contributed by atoms with Gasteiger partial charge in [-0.05, 0) is 23.8 Å². The minimum absolute atomic E-state index is 0.200. The van der Waals surface area contributed by atoms with Crippen LogP contribution in [0.1, 0.15) is 11.6 Å². The van der Waals surface area contributed by atoms with Gasteiger partial charge in [-0.25, -0.2) is 4.79 Å². The van der Waals surface area contributed by atoms with E-state index in [0.29, 0.717) is 16.7 Å². The summed E-state index contributed by atoms with van der Waals surface area (Å²) >= 11 is 11.8. The van der Waals surface area contributed by atoms with E-state index in [-0.39, 0.29) is 6.04 Å². The molecular weight excluding hydrogens is 225 g/mol. The van der Waals surface area contributed by atoms with Crippen LogP contribution < -0.4 is 5.32 Å². The summed E-state index contributed by atoms with van der Waals surface area (Å²) in [7, 11) is 0. The van der Waals surface area contributed by atoms with Gasteiger partial charge in [0.25, 0.3) is 0 Å². The zero-order chi connectivity index (χ0) is 10.1. The number of benzene rings is 1. The molecule has 14 heavy (non-hydrogen) atoms. The minimum Gasteiger partial charge on any atom is -0.447 e. The molecular formula is C9H7Cl2NO2. The highest BCUT2D eigenvalue weighted by atomic mass is 35.5. The first kappa shape index (κ1) is 9.62. The first-order valence-corrected chi connectivity index (χ1v) is 4.80. The van der Waals surface area contributed by atoms with E-state index in [0.717, 1.165) is 5.56 Å². The summed E-state index contributed by atoms with van der Waals surface area (Å²) in [4.78, 5) is 10.8. The zero-order valence-corrected chi connectivity index (χ0v) is 8.60. The topological polar surface area (TPSA) is 38.3 Å². The van der Waals surface area contributed by atoms with Crippen LogP contribution in [-0.2, 0) is 4.74 Å². The average Bonchev–Trinajstić information content (AvgIpc) is 2.56. The van der Waals surface area contributed by atoms with Gasteiger partial charge in [-0.15, -0.1) is 0 Å². The van der Waals surface area contributed by atoms with Crippen LogP contribution in [-0.4, -0.2) is 12.7 Å². The highest BCUT2D eigenvalue weighted by molar-refractivity contribution is 6.33. The average molecular weight is 232 g/mol. The summed E-state index contributed by atoms with van der Waals surface area (Å²) in [6.45, 7) is 0.291. The maximum Gasteiger partial charge on any atom is 0.407 e. The van der Waals surface area contributed by atoms with Crippen molar-refractivity contribution >= 4 is 29.3 Å². The molecule has 1 aliphatic heterocycles. The largest absolute Gasteiger partial charge is 0.447 e. The Labute approximate surface area is 91.0 Å². The predicted octanol–water partition coefficient (Wildman–Crippen LogP) is 2.77. The number of hydrogen-bond donors (Lipinski definition) is 1. The second-order valence-corrected chi connectivity index (χ2v) is 3.80. The van der Waals surface area contributed by atoms with Gasteiger partial charge in [-0.1, -0.05) is 23.2 Å². The molecule has 0 bridgehead atoms. The van der Waals surface area contributed by atoms with Crippen LogP contribution in [0.4, 0.5) is 4.79 Å². The molecule has 1 aliphatic rings. The molecule has 0 spiro atoms. The Morgan fingerprint density at radius 2 is 2.21 bits per heavy atom. The number of hydrogen-bond acceptors (Lipinski definition) is 2. The molecule has 3 nitrogen and oxygen atoms in total. The highest BCUT2D eigenvalue weighted by Crippen LogP contribution is 2.28. The lowest BCUT2D eigenvalue weighted by Crippen LogP contribution is -2.18. The van der Waals surface area contributed by atoms with Crippen LogP contribution in [0.2, 0.25) is 10.0 Å². The van der Waals surface area contributed by atoms with E-state index in [9.17, 15) is 4.79 Å². The van der Waals surface area contributed by atoms with Crippen molar-refractivity contribution in [1.29, 1.82) is 0 Å². The third-order valence-corrected chi connectivity index (χ3v) is 2.59. The monoisotopic (exact) mass is 231 g/mol. The van der Waals surface area contributed by atoms with Crippen LogP contribution in [0.3, 0.4) is 0 Å². The van der Waals surface area contributed by atoms with Gasteiger partial charge in [0.05, 0.1) is 6.04 Å². The number of carbonyl (C=O) groups is 1. The van der Waals surface area contributed by atoms with Gasteiger partial charge in [0.2, 0.25) is 0 Å². The van der Waals surface area contributed by atoms with Crippen molar-refractivity contribution in [3.8, 4) is 0 Å². The quantitative estimate of drug-likeness (QED) is 0.808. The van der Waals surface area contributed by atoms with Crippen molar-refractivity contribution in [2.75, 3.05) is 6.61 Å². The smallest absolute Gasteiger partial charge is 0.407 e. The molecule has 1 N–H and O–H groups in total. The summed E-state index contributed by atoms with van der Waals surface area (Å²) in [5.41, 5.74) is 0.782. The molecule has 0 aromatic heterocycles. The van der Waals surface area contributed by atoms with Crippen LogP contribution in [0.5, 0.6) is 0 Å². The van der Waals surface area contributed by atoms with Crippen LogP contribution in [0.15, 0.2) is 18.2 Å². The van der Waals surface area contributed by atoms with E-state index >= 15 is 0 Å². The summed E-state index contributed by atoms with van der Waals surface area (Å²) in [6.07, 6.45) is -0.425. The van der Waals surface area contributed by atoms with Crippen LogP contribution in [0.25, 0.3) is 0 Å². The van der Waals surface area contributed by atoms with E-state index in [4.69, 9.17) is 27.9 Å². The van der Waals surface area contributed by atoms with Gasteiger partial charge >= 0.3 is 6.09 Å². The van der Waals surface area contributed by atoms with E-state index < -0.39 is 6.09 Å². The maximum atomic E-state index is 10.8. The molecule has 1 aromatic rings. The van der Waals surface area contributed by atoms with Crippen molar-refractivity contribution in [2.45, 2.75) is 6.04 Å². The van der Waals surface area contributed by atoms with Crippen molar-refractivity contribution in [3.63, 3.8) is 0 Å². The number of alkyl carbamates (subject to hydrolysis) is 1. The Morgan fingerprint density at radius 1 is 1.43 bits per heavy atom. The standard InChI is InChI=1S/C9H7Cl2NO2/c10-5-1-2-7(11)6(3-5)8-4-14-9(13)12-8/h1-3,8H,4H2,(H,12,13)/t8-/m0/s1. The lowest BCUT2D eigenvalue weighted by atomic mass is 10.1. The molecule has 1 aromatic carbocycles. The molecule has 2 rings (SSSR count). The maximum absolute atomic E-state index is 10.8. The fourth-order valence-corrected chi connectivity index (χ4v) is 1.76. The van der Waals surface area contributed by atoms with Gasteiger partial charge in [-0.2, -0.15) is 0 Å². The number of halogens is 2. The Bertz CT molecular complexity index is 381. The lowest BCUT2D eigenvalue weighted by Gasteiger charge is -2.09. The Kier molecular flexibility index (Phi) is 2.52. The Hall–Kier alpha value is -0.930. The van der Waals surface area contributed by atoms with Gasteiger partial charge in [0, 0.05) is 10.0 Å². The molecule has 0 saturated carbocycles. The first-order valence-electron chi connectivity index (χ1n) is 4.05. The fourth-order valence-electron chi connectivity index (χ4n) is 1.33. The molecule has 0 aliphatic carbocycles. The second-order valence-electron chi connectivity index (χ2n) is 2.96. The summed E-state index contributed by atoms with van der Waals surface area (Å²) in [6, 6.07) is 4.92. The van der Waals surface area contributed by atoms with Crippen LogP contribution in [0, 0.1) is 0 Å². The van der Waals surface area contributed by atoms with E-state index in [1.165, 1.54) is 0 Å². The van der Waals surface area contributed by atoms with Crippen LogP contribution >= 0.6 is 23.2 Å². The molecule has 1 atom stereocenters. The summed E-state index contributed by atoms with van der Waals surface area (Å²) < 4.78 is 4.76. The molecule has 1 heterocycles. The molecule has 5 heteroatoms. The third-order valence-electron chi connectivity index (χ3n) is 2.01. The molecule has 1 amide bonds. The molecule has 0 unspecified atom stereocenters. The number of carbonyl (C=O) groups excluding carboxylic acids is 1. The number of ether oxygens (including phenoxy) is 1. The molecule has 1 fully saturated rings. The van der Waals surface area contributed by atoms with E-state index in [1.807, 2.05) is 0 Å². The van der Waals surface area contributed by atoms with Crippen molar-refractivity contribution < 1.29 is 9.53 Å². The highest BCUT2D eigenvalue weighted by Gasteiger charge is 2.25. The zero-order valence-electron chi connectivity index (χ0n) is 7.09. The first-order chi connectivity index (χ1) is 6.66. The molecule has 1 saturated heterocycles. The SMILES string of the molecule is O=C1N[C@H](c2cc(Cl)ccc2Cl)CO1. The van der Waals surface area contributed by atoms with E-state index in [2.05, 4.69) is 5.32 Å². The third kappa shape index (κ3) is 1.79. The normalized spacial score (nSPS) is 20.4. The molecule has 74 valence electrons.